The molecule has 28 heavy (non-hydrogen) atoms. The molecule has 1 aromatic heterocycles. The Labute approximate surface area is 163 Å². The predicted molar refractivity (Wildman–Crippen MR) is 105 cm³/mol. The highest BCUT2D eigenvalue weighted by Gasteiger charge is 2.27. The van der Waals surface area contributed by atoms with Crippen LogP contribution in [0, 0.1) is 0 Å². The fourth-order valence-corrected chi connectivity index (χ4v) is 4.20. The molecule has 0 unspecified atom stereocenters. The minimum Gasteiger partial charge on any atom is -0.440 e. The summed E-state index contributed by atoms with van der Waals surface area (Å²) in [6.45, 7) is 1.22. The number of carbonyl (C=O) groups is 1. The van der Waals surface area contributed by atoms with E-state index in [0.717, 1.165) is 29.8 Å². The van der Waals surface area contributed by atoms with Gasteiger partial charge in [-0.3, -0.25) is 4.79 Å². The van der Waals surface area contributed by atoms with Gasteiger partial charge < -0.3 is 9.32 Å². The second-order valence-corrected chi connectivity index (χ2v) is 8.70. The summed E-state index contributed by atoms with van der Waals surface area (Å²) in [4.78, 5) is 19.2. The molecule has 0 bridgehead atoms. The van der Waals surface area contributed by atoms with Crippen molar-refractivity contribution in [3.63, 3.8) is 0 Å². The van der Waals surface area contributed by atoms with Crippen LogP contribution in [0.2, 0.25) is 0 Å². The number of amides is 1. The summed E-state index contributed by atoms with van der Waals surface area (Å²) < 4.78 is 31.7. The Morgan fingerprint density at radius 1 is 1.11 bits per heavy atom. The number of para-hydroxylation sites is 2. The van der Waals surface area contributed by atoms with Crippen molar-refractivity contribution < 1.29 is 17.6 Å². The number of nitrogens with zero attached hydrogens (tertiary/aromatic N) is 2. The number of oxazole rings is 1. The van der Waals surface area contributed by atoms with Gasteiger partial charge in [-0.25, -0.2) is 18.1 Å². The summed E-state index contributed by atoms with van der Waals surface area (Å²) in [6, 6.07) is 13.7. The van der Waals surface area contributed by atoms with Gasteiger partial charge in [0, 0.05) is 24.6 Å². The zero-order valence-electron chi connectivity index (χ0n) is 15.5. The van der Waals surface area contributed by atoms with Crippen molar-refractivity contribution in [1.82, 2.24) is 14.6 Å². The maximum atomic E-state index is 12.7. The van der Waals surface area contributed by atoms with Gasteiger partial charge in [0.1, 0.15) is 5.52 Å². The van der Waals surface area contributed by atoms with Crippen LogP contribution in [0.5, 0.6) is 0 Å². The molecule has 8 heteroatoms. The molecule has 0 saturated carbocycles. The van der Waals surface area contributed by atoms with Crippen molar-refractivity contribution in [2.45, 2.75) is 23.7 Å². The van der Waals surface area contributed by atoms with Crippen LogP contribution >= 0.6 is 0 Å². The summed E-state index contributed by atoms with van der Waals surface area (Å²) in [7, 11) is -2.15. The molecule has 2 aromatic carbocycles. The molecule has 0 radical (unpaired) electrons. The number of likely N-dealkylation sites (tertiary alicyclic amines) is 1. The van der Waals surface area contributed by atoms with E-state index in [1.165, 1.54) is 19.2 Å². The monoisotopic (exact) mass is 399 g/mol. The smallest absolute Gasteiger partial charge is 0.253 e. The molecule has 0 atom stereocenters. The standard InChI is InChI=1S/C20H21N3O4S/c1-21-28(25,26)16-8-6-15(7-9-16)20(24)23-12-10-14(11-13-23)19-22-17-4-2-3-5-18(17)27-19/h2-9,14,21H,10-13H2,1H3. The van der Waals surface area contributed by atoms with E-state index in [1.54, 1.807) is 17.0 Å². The summed E-state index contributed by atoms with van der Waals surface area (Å²) >= 11 is 0. The number of aromatic nitrogens is 1. The molecule has 1 fully saturated rings. The zero-order valence-corrected chi connectivity index (χ0v) is 16.3. The predicted octanol–water partition coefficient (Wildman–Crippen LogP) is 2.76. The van der Waals surface area contributed by atoms with Gasteiger partial charge in [-0.05, 0) is 56.3 Å². The number of hydrogen-bond acceptors (Lipinski definition) is 5. The molecule has 1 aliphatic heterocycles. The molecule has 0 spiro atoms. The van der Waals surface area contributed by atoms with E-state index in [1.807, 2.05) is 24.3 Å². The first-order valence-electron chi connectivity index (χ1n) is 9.16. The third kappa shape index (κ3) is 3.53. The maximum Gasteiger partial charge on any atom is 0.253 e. The maximum absolute atomic E-state index is 12.7. The molecule has 1 aliphatic rings. The summed E-state index contributed by atoms with van der Waals surface area (Å²) in [5.41, 5.74) is 2.12. The van der Waals surface area contributed by atoms with Gasteiger partial charge in [-0.2, -0.15) is 0 Å². The number of rotatable bonds is 4. The van der Waals surface area contributed by atoms with Crippen LogP contribution in [0.1, 0.15) is 35.0 Å². The number of benzene rings is 2. The molecular formula is C20H21N3O4S. The van der Waals surface area contributed by atoms with Crippen LogP contribution in [0.3, 0.4) is 0 Å². The van der Waals surface area contributed by atoms with Crippen LogP contribution in [0.4, 0.5) is 0 Å². The Hall–Kier alpha value is -2.71. The fraction of sp³-hybridized carbons (Fsp3) is 0.300. The molecule has 3 aromatic rings. The topological polar surface area (TPSA) is 92.5 Å². The lowest BCUT2D eigenvalue weighted by atomic mass is 9.96. The lowest BCUT2D eigenvalue weighted by molar-refractivity contribution is 0.0706. The van der Waals surface area contributed by atoms with Crippen LogP contribution in [0.15, 0.2) is 57.8 Å². The molecule has 2 heterocycles. The highest BCUT2D eigenvalue weighted by atomic mass is 32.2. The van der Waals surface area contributed by atoms with Crippen molar-refractivity contribution in [2.24, 2.45) is 0 Å². The lowest BCUT2D eigenvalue weighted by Crippen LogP contribution is -2.38. The van der Waals surface area contributed by atoms with E-state index >= 15 is 0 Å². The van der Waals surface area contributed by atoms with Gasteiger partial charge in [0.25, 0.3) is 5.91 Å². The quantitative estimate of drug-likeness (QED) is 0.728. The molecule has 0 aliphatic carbocycles. The summed E-state index contributed by atoms with van der Waals surface area (Å²) in [5.74, 6) is 0.832. The highest BCUT2D eigenvalue weighted by Crippen LogP contribution is 2.30. The van der Waals surface area contributed by atoms with Crippen molar-refractivity contribution in [1.29, 1.82) is 0 Å². The van der Waals surface area contributed by atoms with E-state index in [2.05, 4.69) is 9.71 Å². The average Bonchev–Trinajstić information content (AvgIpc) is 3.18. The first kappa shape index (κ1) is 18.6. The number of carbonyl (C=O) groups excluding carboxylic acids is 1. The third-order valence-electron chi connectivity index (χ3n) is 5.12. The van der Waals surface area contributed by atoms with Crippen LogP contribution < -0.4 is 4.72 Å². The van der Waals surface area contributed by atoms with E-state index in [-0.39, 0.29) is 16.7 Å². The van der Waals surface area contributed by atoms with Crippen molar-refractivity contribution in [3.8, 4) is 0 Å². The van der Waals surface area contributed by atoms with E-state index in [4.69, 9.17) is 4.42 Å². The Morgan fingerprint density at radius 2 is 1.79 bits per heavy atom. The van der Waals surface area contributed by atoms with Crippen LogP contribution in [-0.2, 0) is 10.0 Å². The molecule has 1 saturated heterocycles. The number of hydrogen-bond donors (Lipinski definition) is 1. The van der Waals surface area contributed by atoms with Crippen molar-refractivity contribution in [2.75, 3.05) is 20.1 Å². The normalized spacial score (nSPS) is 15.8. The van der Waals surface area contributed by atoms with Gasteiger partial charge in [0.05, 0.1) is 4.90 Å². The molecule has 1 amide bonds. The third-order valence-corrected chi connectivity index (χ3v) is 6.55. The average molecular weight is 399 g/mol. The number of nitrogens with one attached hydrogen (secondary N) is 1. The number of piperidine rings is 1. The molecule has 146 valence electrons. The van der Waals surface area contributed by atoms with Gasteiger partial charge in [-0.15, -0.1) is 0 Å². The highest BCUT2D eigenvalue weighted by molar-refractivity contribution is 7.89. The molecule has 4 rings (SSSR count). The Bertz CT molecular complexity index is 1060. The fourth-order valence-electron chi connectivity index (χ4n) is 3.47. The Morgan fingerprint density at radius 3 is 2.43 bits per heavy atom. The number of sulfonamides is 1. The van der Waals surface area contributed by atoms with E-state index in [9.17, 15) is 13.2 Å². The minimum atomic E-state index is -3.51. The Balaban J connectivity index is 1.42. The zero-order chi connectivity index (χ0) is 19.7. The van der Waals surface area contributed by atoms with Gasteiger partial charge in [0.2, 0.25) is 10.0 Å². The lowest BCUT2D eigenvalue weighted by Gasteiger charge is -2.30. The largest absolute Gasteiger partial charge is 0.440 e. The van der Waals surface area contributed by atoms with Crippen LogP contribution in [0.25, 0.3) is 11.1 Å². The van der Waals surface area contributed by atoms with E-state index < -0.39 is 10.0 Å². The first-order chi connectivity index (χ1) is 13.5. The summed E-state index contributed by atoms with van der Waals surface area (Å²) in [6.07, 6.45) is 1.57. The Kier molecular flexibility index (Phi) is 4.91. The SMILES string of the molecule is CNS(=O)(=O)c1ccc(C(=O)N2CCC(c3nc4ccccc4o3)CC2)cc1. The molecule has 1 N–H and O–H groups in total. The second kappa shape index (κ2) is 7.37. The second-order valence-electron chi connectivity index (χ2n) is 6.82. The van der Waals surface area contributed by atoms with Crippen molar-refractivity contribution >= 4 is 27.0 Å². The van der Waals surface area contributed by atoms with Crippen molar-refractivity contribution in [3.05, 3.63) is 60.0 Å². The molecule has 7 nitrogen and oxygen atoms in total. The molecular weight excluding hydrogens is 378 g/mol. The minimum absolute atomic E-state index is 0.0931. The number of fused-ring (bicyclic) bond motifs is 1. The van der Waals surface area contributed by atoms with Gasteiger partial charge >= 0.3 is 0 Å². The van der Waals surface area contributed by atoms with Gasteiger partial charge in [0.15, 0.2) is 11.5 Å². The van der Waals surface area contributed by atoms with E-state index in [0.29, 0.717) is 18.7 Å². The first-order valence-corrected chi connectivity index (χ1v) is 10.6. The summed E-state index contributed by atoms with van der Waals surface area (Å²) in [5, 5.41) is 0. The van der Waals surface area contributed by atoms with Gasteiger partial charge in [-0.1, -0.05) is 12.1 Å². The van der Waals surface area contributed by atoms with Crippen LogP contribution in [-0.4, -0.2) is 44.3 Å².